The van der Waals surface area contributed by atoms with Crippen molar-refractivity contribution in [2.45, 2.75) is 31.0 Å². The van der Waals surface area contributed by atoms with Gasteiger partial charge in [0.05, 0.1) is 5.75 Å². The van der Waals surface area contributed by atoms with Gasteiger partial charge < -0.3 is 15.9 Å². The van der Waals surface area contributed by atoms with Gasteiger partial charge in [-0.15, -0.1) is 10.2 Å². The van der Waals surface area contributed by atoms with E-state index in [2.05, 4.69) is 26.3 Å². The van der Waals surface area contributed by atoms with Gasteiger partial charge in [-0.3, -0.25) is 4.79 Å². The normalized spacial score (nSPS) is 12.8. The van der Waals surface area contributed by atoms with E-state index in [1.54, 1.807) is 12.1 Å². The quantitative estimate of drug-likeness (QED) is 0.439. The first-order chi connectivity index (χ1) is 14.5. The van der Waals surface area contributed by atoms with E-state index in [1.807, 2.05) is 12.1 Å². The van der Waals surface area contributed by atoms with Crippen molar-refractivity contribution >= 4 is 23.4 Å². The lowest BCUT2D eigenvalue weighted by Crippen LogP contribution is -2.16. The highest BCUT2D eigenvalue weighted by atomic mass is 32.2. The molecule has 0 saturated carbocycles. The molecule has 2 aromatic carbocycles. The molecular weight excluding hydrogens is 412 g/mol. The van der Waals surface area contributed by atoms with Crippen molar-refractivity contribution in [1.82, 2.24) is 14.9 Å². The van der Waals surface area contributed by atoms with Crippen LogP contribution in [-0.2, 0) is 17.6 Å². The maximum absolute atomic E-state index is 12.3. The highest BCUT2D eigenvalue weighted by Gasteiger charge is 2.15. The number of carbonyl (C=O) groups is 1. The average molecular weight is 431 g/mol. The molecule has 3 aromatic rings. The standard InChI is InChI=1S/C20H19F2N5O2S/c21-19(22)29-16-8-5-13(6-9-16)18-25-26-20(27(18)23)30-11-17(28)24-15-7-4-12-2-1-3-14(12)10-15/h4-10,19H,1-3,11,23H2,(H,24,28). The Balaban J connectivity index is 1.36. The molecule has 1 amide bonds. The Morgan fingerprint density at radius 3 is 2.70 bits per heavy atom. The van der Waals surface area contributed by atoms with Gasteiger partial charge in [-0.2, -0.15) is 8.78 Å². The van der Waals surface area contributed by atoms with Crippen LogP contribution in [0.4, 0.5) is 14.5 Å². The highest BCUT2D eigenvalue weighted by Crippen LogP contribution is 2.26. The van der Waals surface area contributed by atoms with Crippen LogP contribution in [0.25, 0.3) is 11.4 Å². The van der Waals surface area contributed by atoms with Crippen LogP contribution >= 0.6 is 11.8 Å². The summed E-state index contributed by atoms with van der Waals surface area (Å²) in [5.74, 6) is 6.37. The molecule has 0 radical (unpaired) electrons. The molecule has 30 heavy (non-hydrogen) atoms. The van der Waals surface area contributed by atoms with Crippen LogP contribution in [0.1, 0.15) is 17.5 Å². The van der Waals surface area contributed by atoms with Gasteiger partial charge in [-0.25, -0.2) is 4.68 Å². The van der Waals surface area contributed by atoms with Crippen molar-refractivity contribution in [3.05, 3.63) is 53.6 Å². The van der Waals surface area contributed by atoms with Gasteiger partial charge in [0.15, 0.2) is 5.82 Å². The molecular formula is C20H19F2N5O2S. The lowest BCUT2D eigenvalue weighted by molar-refractivity contribution is -0.113. The molecule has 7 nitrogen and oxygen atoms in total. The largest absolute Gasteiger partial charge is 0.435 e. The third-order valence-corrected chi connectivity index (χ3v) is 5.66. The summed E-state index contributed by atoms with van der Waals surface area (Å²) in [4.78, 5) is 12.3. The maximum atomic E-state index is 12.3. The Labute approximate surface area is 175 Å². The van der Waals surface area contributed by atoms with Crippen molar-refractivity contribution < 1.29 is 18.3 Å². The molecule has 4 rings (SSSR count). The lowest BCUT2D eigenvalue weighted by Gasteiger charge is -2.08. The van der Waals surface area contributed by atoms with Gasteiger partial charge in [0.2, 0.25) is 11.1 Å². The van der Waals surface area contributed by atoms with Gasteiger partial charge in [-0.1, -0.05) is 17.8 Å². The number of nitrogens with zero attached hydrogens (tertiary/aromatic N) is 3. The number of anilines is 1. The van der Waals surface area contributed by atoms with Gasteiger partial charge in [0.25, 0.3) is 0 Å². The summed E-state index contributed by atoms with van der Waals surface area (Å²) < 4.78 is 30.1. The number of nitrogens with two attached hydrogens (primary N) is 1. The Bertz CT molecular complexity index is 1060. The molecule has 1 aliphatic carbocycles. The molecule has 1 aromatic heterocycles. The first kappa shape index (κ1) is 20.1. The minimum absolute atomic E-state index is 0.0367. The number of amides is 1. The summed E-state index contributed by atoms with van der Waals surface area (Å²) in [5.41, 5.74) is 4.00. The second-order valence-electron chi connectivity index (χ2n) is 6.75. The van der Waals surface area contributed by atoms with E-state index in [1.165, 1.54) is 27.9 Å². The van der Waals surface area contributed by atoms with Crippen molar-refractivity contribution in [1.29, 1.82) is 0 Å². The van der Waals surface area contributed by atoms with E-state index in [4.69, 9.17) is 5.84 Å². The fourth-order valence-corrected chi connectivity index (χ4v) is 3.99. The highest BCUT2D eigenvalue weighted by molar-refractivity contribution is 7.99. The average Bonchev–Trinajstić information content (AvgIpc) is 3.33. The number of halogens is 2. The van der Waals surface area contributed by atoms with Crippen LogP contribution in [0, 0.1) is 0 Å². The Kier molecular flexibility index (Phi) is 5.84. The topological polar surface area (TPSA) is 95.1 Å². The number of nitrogen functional groups attached to an aromatic ring is 1. The molecule has 0 aliphatic heterocycles. The number of hydrogen-bond donors (Lipinski definition) is 2. The van der Waals surface area contributed by atoms with Gasteiger partial charge in [-0.05, 0) is 66.8 Å². The van der Waals surface area contributed by atoms with E-state index in [0.717, 1.165) is 36.7 Å². The summed E-state index contributed by atoms with van der Waals surface area (Å²) in [7, 11) is 0. The van der Waals surface area contributed by atoms with Gasteiger partial charge >= 0.3 is 6.61 Å². The third-order valence-electron chi connectivity index (χ3n) is 4.72. The first-order valence-corrected chi connectivity index (χ1v) is 10.3. The zero-order chi connectivity index (χ0) is 21.1. The summed E-state index contributed by atoms with van der Waals surface area (Å²) in [5, 5.41) is 11.3. The number of carbonyl (C=O) groups excluding carboxylic acids is 1. The van der Waals surface area contributed by atoms with E-state index < -0.39 is 6.61 Å². The summed E-state index contributed by atoms with van der Waals surface area (Å²) in [6.07, 6.45) is 3.29. The number of thioether (sulfide) groups is 1. The van der Waals surface area contributed by atoms with Crippen LogP contribution in [-0.4, -0.2) is 33.1 Å². The molecule has 1 heterocycles. The predicted octanol–water partition coefficient (Wildman–Crippen LogP) is 3.48. The fourth-order valence-electron chi connectivity index (χ4n) is 3.33. The minimum atomic E-state index is -2.89. The SMILES string of the molecule is Nn1c(SCC(=O)Nc2ccc3c(c2)CCC3)nnc1-c1ccc(OC(F)F)cc1. The van der Waals surface area contributed by atoms with Crippen LogP contribution in [0.3, 0.4) is 0 Å². The number of ether oxygens (including phenoxy) is 1. The van der Waals surface area contributed by atoms with Crippen molar-refractivity contribution in [3.8, 4) is 17.1 Å². The first-order valence-electron chi connectivity index (χ1n) is 9.30. The van der Waals surface area contributed by atoms with E-state index in [0.29, 0.717) is 16.5 Å². The molecule has 1 aliphatic rings. The van der Waals surface area contributed by atoms with Crippen molar-refractivity contribution in [2.75, 3.05) is 16.9 Å². The second-order valence-corrected chi connectivity index (χ2v) is 7.70. The number of aryl methyl sites for hydroxylation is 2. The van der Waals surface area contributed by atoms with Crippen LogP contribution in [0.2, 0.25) is 0 Å². The Morgan fingerprint density at radius 2 is 1.93 bits per heavy atom. The number of rotatable bonds is 7. The number of alkyl halides is 2. The number of fused-ring (bicyclic) bond motifs is 1. The van der Waals surface area contributed by atoms with E-state index in [-0.39, 0.29) is 17.4 Å². The maximum Gasteiger partial charge on any atom is 0.387 e. The molecule has 0 unspecified atom stereocenters. The monoisotopic (exact) mass is 431 g/mol. The van der Waals surface area contributed by atoms with Gasteiger partial charge in [0, 0.05) is 11.3 Å². The minimum Gasteiger partial charge on any atom is -0.435 e. The van der Waals surface area contributed by atoms with Crippen molar-refractivity contribution in [2.24, 2.45) is 0 Å². The number of nitrogens with one attached hydrogen (secondary N) is 1. The molecule has 0 spiro atoms. The fraction of sp³-hybridized carbons (Fsp3) is 0.250. The summed E-state index contributed by atoms with van der Waals surface area (Å²) in [6, 6.07) is 11.9. The molecule has 0 bridgehead atoms. The third kappa shape index (κ3) is 4.54. The number of benzene rings is 2. The Hall–Kier alpha value is -3.14. The van der Waals surface area contributed by atoms with Gasteiger partial charge in [0.1, 0.15) is 5.75 Å². The predicted molar refractivity (Wildman–Crippen MR) is 110 cm³/mol. The van der Waals surface area contributed by atoms with E-state index >= 15 is 0 Å². The van der Waals surface area contributed by atoms with Crippen LogP contribution < -0.4 is 15.9 Å². The number of aromatic nitrogens is 3. The molecule has 156 valence electrons. The molecule has 0 fully saturated rings. The summed E-state index contributed by atoms with van der Waals surface area (Å²) in [6.45, 7) is -2.89. The summed E-state index contributed by atoms with van der Waals surface area (Å²) >= 11 is 1.16. The van der Waals surface area contributed by atoms with Crippen molar-refractivity contribution in [3.63, 3.8) is 0 Å². The number of hydrogen-bond acceptors (Lipinski definition) is 6. The lowest BCUT2D eigenvalue weighted by atomic mass is 10.1. The molecule has 10 heteroatoms. The molecule has 3 N–H and O–H groups in total. The zero-order valence-corrected chi connectivity index (χ0v) is 16.7. The van der Waals surface area contributed by atoms with Crippen LogP contribution in [0.5, 0.6) is 5.75 Å². The van der Waals surface area contributed by atoms with E-state index in [9.17, 15) is 13.6 Å². The second kappa shape index (κ2) is 8.70. The molecule has 0 saturated heterocycles. The zero-order valence-electron chi connectivity index (χ0n) is 15.8. The smallest absolute Gasteiger partial charge is 0.387 e. The molecule has 0 atom stereocenters. The van der Waals surface area contributed by atoms with Crippen LogP contribution in [0.15, 0.2) is 47.6 Å². The Morgan fingerprint density at radius 1 is 1.17 bits per heavy atom.